The molecule has 0 saturated heterocycles. The van der Waals surface area contributed by atoms with Gasteiger partial charge in [0.15, 0.2) is 0 Å². The van der Waals surface area contributed by atoms with E-state index in [2.05, 4.69) is 27.1 Å². The first-order chi connectivity index (χ1) is 18.2. The average molecular weight is 510 g/mol. The molecule has 38 heavy (non-hydrogen) atoms. The van der Waals surface area contributed by atoms with Gasteiger partial charge in [0.2, 0.25) is 6.41 Å². The van der Waals surface area contributed by atoms with E-state index in [-0.39, 0.29) is 12.1 Å². The van der Waals surface area contributed by atoms with Gasteiger partial charge in [-0.2, -0.15) is 5.26 Å². The maximum absolute atomic E-state index is 12.9. The number of fused-ring (bicyclic) bond motifs is 3. The normalized spacial score (nSPS) is 10.5. The number of pyridine rings is 2. The molecule has 1 amide bonds. The number of primary amides is 1. The number of anilines is 1. The van der Waals surface area contributed by atoms with Gasteiger partial charge in [-0.05, 0) is 56.2 Å². The summed E-state index contributed by atoms with van der Waals surface area (Å²) in [5.41, 5.74) is 8.84. The maximum atomic E-state index is 12.9. The summed E-state index contributed by atoms with van der Waals surface area (Å²) in [7, 11) is 3.61. The molecule has 5 rings (SSSR count). The van der Waals surface area contributed by atoms with Crippen LogP contribution in [0.2, 0.25) is 0 Å². The minimum Gasteiger partial charge on any atom is -0.373 e. The number of hydrogen-bond acceptors (Lipinski definition) is 6. The van der Waals surface area contributed by atoms with Crippen LogP contribution in [-0.4, -0.2) is 32.6 Å². The quantitative estimate of drug-likeness (QED) is 0.350. The minimum atomic E-state index is -0.571. The van der Waals surface area contributed by atoms with Gasteiger partial charge in [0.25, 0.3) is 0 Å². The summed E-state index contributed by atoms with van der Waals surface area (Å²) in [5, 5.41) is 13.2. The zero-order chi connectivity index (χ0) is 27.9. The van der Waals surface area contributed by atoms with Crippen molar-refractivity contribution in [3.63, 3.8) is 0 Å². The summed E-state index contributed by atoms with van der Waals surface area (Å²) in [5.74, 6) is 0.917. The van der Waals surface area contributed by atoms with Gasteiger partial charge in [0.05, 0.1) is 39.9 Å². The van der Waals surface area contributed by atoms with Crippen molar-refractivity contribution in [1.29, 1.82) is 5.26 Å². The highest BCUT2D eigenvalue weighted by atomic mass is 16.1. The number of nitrogens with two attached hydrogens (primary N) is 1. The van der Waals surface area contributed by atoms with E-state index in [1.807, 2.05) is 94.7 Å². The number of amides is 1. The highest BCUT2D eigenvalue weighted by molar-refractivity contribution is 6.02. The molecule has 3 N–H and O–H groups in total. The number of nitrogens with one attached hydrogen (secondary N) is 1. The first kappa shape index (κ1) is 27.6. The summed E-state index contributed by atoms with van der Waals surface area (Å²) in [6.45, 7) is 5.78. The average Bonchev–Trinajstić information content (AvgIpc) is 3.20. The second-order valence-corrected chi connectivity index (χ2v) is 9.08. The van der Waals surface area contributed by atoms with Crippen LogP contribution in [0.15, 0.2) is 77.9 Å². The van der Waals surface area contributed by atoms with Crippen molar-refractivity contribution >= 4 is 34.2 Å². The monoisotopic (exact) mass is 509 g/mol. The molecule has 3 heterocycles. The molecule has 0 aliphatic carbocycles. The SMILES string of the molecule is CNc1ccc(C)cn1.Cn1c(=O)n(-c2ccc(C(C)(C)C#N)cc2)c2c3ccccc3ncc21.NC=O. The standard InChI is InChI=1S/C21H18N4O.C7H10N2.CH3NO/c1-21(2,13-22)14-8-10-15(11-9-14)25-19-16-6-4-5-7-17(16)23-12-18(19)24(3)20(25)26;1-6-3-4-7(8-2)9-5-6;2-1-3/h4-12H,1-3H3;3-5H,1-2H3,(H,8,9);1H,(H2,2,3). The zero-order valence-corrected chi connectivity index (χ0v) is 22.1. The predicted molar refractivity (Wildman–Crippen MR) is 151 cm³/mol. The molecular formula is C29H31N7O2. The van der Waals surface area contributed by atoms with Crippen LogP contribution in [0, 0.1) is 18.3 Å². The van der Waals surface area contributed by atoms with E-state index in [4.69, 9.17) is 4.79 Å². The van der Waals surface area contributed by atoms with Crippen molar-refractivity contribution in [3.8, 4) is 11.8 Å². The second kappa shape index (κ2) is 11.8. The lowest BCUT2D eigenvalue weighted by molar-refractivity contribution is -0.106. The third kappa shape index (κ3) is 5.71. The van der Waals surface area contributed by atoms with E-state index < -0.39 is 5.41 Å². The van der Waals surface area contributed by atoms with Crippen molar-refractivity contribution in [2.45, 2.75) is 26.2 Å². The number of carbonyl (C=O) groups excluding carboxylic acids is 1. The second-order valence-electron chi connectivity index (χ2n) is 9.08. The molecule has 5 aromatic rings. The number of nitrogens with zero attached hydrogens (tertiary/aromatic N) is 5. The van der Waals surface area contributed by atoms with E-state index in [0.29, 0.717) is 0 Å². The van der Waals surface area contributed by atoms with Gasteiger partial charge in [-0.3, -0.25) is 18.9 Å². The molecule has 0 spiro atoms. The smallest absolute Gasteiger partial charge is 0.333 e. The van der Waals surface area contributed by atoms with Gasteiger partial charge >= 0.3 is 5.69 Å². The Labute approximate surface area is 221 Å². The number of hydrogen-bond donors (Lipinski definition) is 2. The number of para-hydroxylation sites is 1. The van der Waals surface area contributed by atoms with E-state index in [9.17, 15) is 10.1 Å². The Bertz CT molecular complexity index is 1640. The van der Waals surface area contributed by atoms with Gasteiger partial charge in [-0.1, -0.05) is 36.4 Å². The summed E-state index contributed by atoms with van der Waals surface area (Å²) in [4.78, 5) is 30.1. The van der Waals surface area contributed by atoms with Crippen LogP contribution < -0.4 is 16.7 Å². The topological polar surface area (TPSA) is 132 Å². The van der Waals surface area contributed by atoms with E-state index in [0.717, 1.165) is 39.0 Å². The highest BCUT2D eigenvalue weighted by Crippen LogP contribution is 2.27. The molecule has 0 unspecified atom stereocenters. The number of rotatable bonds is 3. The fraction of sp³-hybridized carbons (Fsp3) is 0.207. The van der Waals surface area contributed by atoms with Gasteiger partial charge in [-0.15, -0.1) is 0 Å². The van der Waals surface area contributed by atoms with Crippen LogP contribution in [0.3, 0.4) is 0 Å². The van der Waals surface area contributed by atoms with Gasteiger partial charge in [-0.25, -0.2) is 9.78 Å². The molecule has 9 nitrogen and oxygen atoms in total. The van der Waals surface area contributed by atoms with Gasteiger partial charge in [0.1, 0.15) is 5.82 Å². The molecule has 3 aromatic heterocycles. The zero-order valence-electron chi connectivity index (χ0n) is 22.1. The summed E-state index contributed by atoms with van der Waals surface area (Å²) >= 11 is 0. The summed E-state index contributed by atoms with van der Waals surface area (Å²) < 4.78 is 3.32. The van der Waals surface area contributed by atoms with Crippen LogP contribution in [0.1, 0.15) is 25.0 Å². The molecule has 0 radical (unpaired) electrons. The molecule has 0 fully saturated rings. The predicted octanol–water partition coefficient (Wildman–Crippen LogP) is 4.21. The molecule has 0 aliphatic rings. The lowest BCUT2D eigenvalue weighted by Gasteiger charge is -2.16. The van der Waals surface area contributed by atoms with Crippen molar-refractivity contribution < 1.29 is 4.79 Å². The number of aromatic nitrogens is 4. The molecular weight excluding hydrogens is 478 g/mol. The lowest BCUT2D eigenvalue weighted by atomic mass is 9.86. The first-order valence-electron chi connectivity index (χ1n) is 11.9. The molecule has 194 valence electrons. The maximum Gasteiger partial charge on any atom is 0.333 e. The number of carbonyl (C=O) groups is 1. The van der Waals surface area contributed by atoms with Crippen molar-refractivity contribution in [2.24, 2.45) is 12.8 Å². The number of benzene rings is 2. The number of imidazole rings is 1. The number of aryl methyl sites for hydroxylation is 2. The molecule has 0 bridgehead atoms. The Kier molecular flexibility index (Phi) is 8.61. The van der Waals surface area contributed by atoms with Gasteiger partial charge < -0.3 is 11.1 Å². The fourth-order valence-electron chi connectivity index (χ4n) is 3.89. The van der Waals surface area contributed by atoms with Crippen LogP contribution in [0.5, 0.6) is 0 Å². The Morgan fingerprint density at radius 2 is 1.68 bits per heavy atom. The third-order valence-electron chi connectivity index (χ3n) is 6.09. The van der Waals surface area contributed by atoms with Gasteiger partial charge in [0, 0.05) is 25.7 Å². The Hall–Kier alpha value is -4.97. The van der Waals surface area contributed by atoms with Crippen molar-refractivity contribution in [3.05, 3.63) is 94.7 Å². The Morgan fingerprint density at radius 3 is 2.26 bits per heavy atom. The summed E-state index contributed by atoms with van der Waals surface area (Å²) in [6.07, 6.45) is 3.83. The van der Waals surface area contributed by atoms with Crippen molar-refractivity contribution in [2.75, 3.05) is 12.4 Å². The van der Waals surface area contributed by atoms with E-state index in [1.165, 1.54) is 5.56 Å². The Morgan fingerprint density at radius 1 is 1.03 bits per heavy atom. The number of nitriles is 1. The minimum absolute atomic E-state index is 0.120. The molecule has 0 saturated carbocycles. The molecule has 9 heteroatoms. The largest absolute Gasteiger partial charge is 0.373 e. The van der Waals surface area contributed by atoms with E-state index >= 15 is 0 Å². The van der Waals surface area contributed by atoms with Crippen LogP contribution in [-0.2, 0) is 17.3 Å². The molecule has 0 aliphatic heterocycles. The van der Waals surface area contributed by atoms with E-state index in [1.54, 1.807) is 22.4 Å². The van der Waals surface area contributed by atoms with Crippen LogP contribution >= 0.6 is 0 Å². The Balaban J connectivity index is 0.000000278. The summed E-state index contributed by atoms with van der Waals surface area (Å²) in [6, 6.07) is 21.7. The first-order valence-corrected chi connectivity index (χ1v) is 11.9. The lowest BCUT2D eigenvalue weighted by Crippen LogP contribution is -2.21. The third-order valence-corrected chi connectivity index (χ3v) is 6.09. The van der Waals surface area contributed by atoms with Crippen LogP contribution in [0.25, 0.3) is 27.6 Å². The molecule has 0 atom stereocenters. The highest BCUT2D eigenvalue weighted by Gasteiger charge is 2.20. The van der Waals surface area contributed by atoms with Crippen LogP contribution in [0.4, 0.5) is 5.82 Å². The fourth-order valence-corrected chi connectivity index (χ4v) is 3.89. The van der Waals surface area contributed by atoms with Crippen molar-refractivity contribution in [1.82, 2.24) is 19.1 Å². The molecule has 2 aromatic carbocycles.